The molecule has 2 amide bonds. The van der Waals surface area contributed by atoms with Gasteiger partial charge in [-0.3, -0.25) is 14.6 Å². The molecule has 37 heavy (non-hydrogen) atoms. The van der Waals surface area contributed by atoms with E-state index in [0.717, 1.165) is 16.5 Å². The van der Waals surface area contributed by atoms with E-state index in [9.17, 15) is 14.7 Å². The molecule has 8 nitrogen and oxygen atoms in total. The van der Waals surface area contributed by atoms with Gasteiger partial charge in [0.1, 0.15) is 5.75 Å². The zero-order valence-electron chi connectivity index (χ0n) is 20.6. The third-order valence-corrected chi connectivity index (χ3v) is 5.66. The van der Waals surface area contributed by atoms with Crippen LogP contribution in [0.15, 0.2) is 67.1 Å². The van der Waals surface area contributed by atoms with Gasteiger partial charge in [0, 0.05) is 40.6 Å². The maximum absolute atomic E-state index is 13.3. The topological polar surface area (TPSA) is 130 Å². The van der Waals surface area contributed by atoms with Crippen molar-refractivity contribution in [2.75, 3.05) is 6.61 Å². The van der Waals surface area contributed by atoms with Crippen LogP contribution in [0.25, 0.3) is 10.9 Å². The van der Waals surface area contributed by atoms with E-state index in [2.05, 4.69) is 27.1 Å². The minimum atomic E-state index is -0.587. The summed E-state index contributed by atoms with van der Waals surface area (Å²) in [6.45, 7) is 3.53. The molecular formula is C29H28N4O4. The van der Waals surface area contributed by atoms with Crippen molar-refractivity contribution >= 4 is 22.7 Å². The number of H-pyrrole nitrogens is 1. The molecule has 0 fully saturated rings. The van der Waals surface area contributed by atoms with Crippen LogP contribution in [0.2, 0.25) is 0 Å². The summed E-state index contributed by atoms with van der Waals surface area (Å²) in [7, 11) is 0. The van der Waals surface area contributed by atoms with Gasteiger partial charge in [0.15, 0.2) is 0 Å². The van der Waals surface area contributed by atoms with Gasteiger partial charge < -0.3 is 25.9 Å². The van der Waals surface area contributed by atoms with Gasteiger partial charge in [-0.1, -0.05) is 30.0 Å². The summed E-state index contributed by atoms with van der Waals surface area (Å²) < 4.78 is 5.87. The second-order valence-corrected chi connectivity index (χ2v) is 8.87. The van der Waals surface area contributed by atoms with E-state index in [1.165, 1.54) is 12.4 Å². The second kappa shape index (κ2) is 11.4. The van der Waals surface area contributed by atoms with Crippen LogP contribution in [-0.2, 0) is 6.42 Å². The van der Waals surface area contributed by atoms with Crippen molar-refractivity contribution in [3.8, 4) is 17.6 Å². The summed E-state index contributed by atoms with van der Waals surface area (Å²) in [6.07, 6.45) is 5.10. The van der Waals surface area contributed by atoms with Gasteiger partial charge in [0.05, 0.1) is 29.9 Å². The Balaban J connectivity index is 1.58. The number of aliphatic hydroxyl groups is 1. The average molecular weight is 497 g/mol. The summed E-state index contributed by atoms with van der Waals surface area (Å²) in [6, 6.07) is 14.0. The first kappa shape index (κ1) is 25.5. The standard InChI is InChI=1S/C29H28N4O4/c1-18(2)37-27-10-9-19(7-8-20-11-22(28(30)35)15-31-14-20)12-25(27)29(36)33-23(17-34)13-21-16-32-26-6-4-3-5-24(21)26/h3-6,9-12,14-16,18,23,32,34H,13,17H2,1-2H3,(H2,30,35)(H,33,36). The number of rotatable bonds is 8. The Morgan fingerprint density at radius 3 is 2.65 bits per heavy atom. The molecule has 0 radical (unpaired) electrons. The van der Waals surface area contributed by atoms with Gasteiger partial charge in [-0.2, -0.15) is 0 Å². The van der Waals surface area contributed by atoms with Gasteiger partial charge >= 0.3 is 0 Å². The number of aromatic amines is 1. The number of hydrogen-bond acceptors (Lipinski definition) is 5. The van der Waals surface area contributed by atoms with Crippen LogP contribution in [0.1, 0.15) is 51.3 Å². The fraction of sp³-hybridized carbons (Fsp3) is 0.207. The summed E-state index contributed by atoms with van der Waals surface area (Å²) in [4.78, 5) is 31.9. The third kappa shape index (κ3) is 6.34. The number of amides is 2. The van der Waals surface area contributed by atoms with Crippen molar-refractivity contribution in [2.45, 2.75) is 32.4 Å². The van der Waals surface area contributed by atoms with Crippen molar-refractivity contribution in [2.24, 2.45) is 5.73 Å². The summed E-state index contributed by atoms with van der Waals surface area (Å²) in [5.41, 5.74) is 8.97. The number of para-hydroxylation sites is 1. The lowest BCUT2D eigenvalue weighted by molar-refractivity contribution is 0.0910. The highest BCUT2D eigenvalue weighted by Crippen LogP contribution is 2.23. The number of aromatic nitrogens is 2. The van der Waals surface area contributed by atoms with Crippen LogP contribution in [0.3, 0.4) is 0 Å². The lowest BCUT2D eigenvalue weighted by Gasteiger charge is -2.19. The summed E-state index contributed by atoms with van der Waals surface area (Å²) in [5, 5.41) is 14.0. The highest BCUT2D eigenvalue weighted by atomic mass is 16.5. The molecule has 4 aromatic rings. The Kier molecular flexibility index (Phi) is 7.86. The predicted molar refractivity (Wildman–Crippen MR) is 141 cm³/mol. The van der Waals surface area contributed by atoms with Gasteiger partial charge in [-0.15, -0.1) is 0 Å². The van der Waals surface area contributed by atoms with Crippen LogP contribution >= 0.6 is 0 Å². The smallest absolute Gasteiger partial charge is 0.255 e. The lowest BCUT2D eigenvalue weighted by atomic mass is 10.0. The van der Waals surface area contributed by atoms with Crippen molar-refractivity contribution in [3.63, 3.8) is 0 Å². The Morgan fingerprint density at radius 2 is 1.89 bits per heavy atom. The first-order valence-electron chi connectivity index (χ1n) is 11.9. The number of fused-ring (bicyclic) bond motifs is 1. The Bertz CT molecular complexity index is 1500. The molecule has 2 aromatic heterocycles. The number of primary amides is 1. The minimum absolute atomic E-state index is 0.147. The number of benzene rings is 2. The van der Waals surface area contributed by atoms with Crippen molar-refractivity contribution in [1.29, 1.82) is 0 Å². The van der Waals surface area contributed by atoms with E-state index in [-0.39, 0.29) is 24.2 Å². The molecular weight excluding hydrogens is 468 g/mol. The molecule has 1 atom stereocenters. The largest absolute Gasteiger partial charge is 0.490 e. The molecule has 2 aromatic carbocycles. The first-order chi connectivity index (χ1) is 17.8. The second-order valence-electron chi connectivity index (χ2n) is 8.87. The van der Waals surface area contributed by atoms with Crippen LogP contribution in [0, 0.1) is 11.8 Å². The van der Waals surface area contributed by atoms with Gasteiger partial charge in [-0.05, 0) is 56.2 Å². The van der Waals surface area contributed by atoms with Crippen molar-refractivity contribution in [3.05, 3.63) is 94.9 Å². The van der Waals surface area contributed by atoms with Gasteiger partial charge in [-0.25, -0.2) is 0 Å². The number of pyridine rings is 1. The maximum Gasteiger partial charge on any atom is 0.255 e. The quantitative estimate of drug-likeness (QED) is 0.278. The molecule has 0 aliphatic heterocycles. The molecule has 5 N–H and O–H groups in total. The molecule has 4 rings (SSSR count). The van der Waals surface area contributed by atoms with Crippen LogP contribution in [-0.4, -0.2) is 45.6 Å². The Hall–Kier alpha value is -4.61. The van der Waals surface area contributed by atoms with E-state index >= 15 is 0 Å². The summed E-state index contributed by atoms with van der Waals surface area (Å²) in [5.74, 6) is 5.39. The normalized spacial score (nSPS) is 11.6. The monoisotopic (exact) mass is 496 g/mol. The van der Waals surface area contributed by atoms with E-state index in [4.69, 9.17) is 10.5 Å². The van der Waals surface area contributed by atoms with Gasteiger partial charge in [0.2, 0.25) is 5.91 Å². The molecule has 0 saturated heterocycles. The molecule has 2 heterocycles. The van der Waals surface area contributed by atoms with E-state index in [0.29, 0.717) is 28.9 Å². The molecule has 1 unspecified atom stereocenters. The molecule has 0 bridgehead atoms. The number of carbonyl (C=O) groups is 2. The lowest BCUT2D eigenvalue weighted by Crippen LogP contribution is -2.39. The summed E-state index contributed by atoms with van der Waals surface area (Å²) >= 11 is 0. The van der Waals surface area contributed by atoms with Crippen LogP contribution in [0.4, 0.5) is 0 Å². The van der Waals surface area contributed by atoms with Crippen LogP contribution in [0.5, 0.6) is 5.75 Å². The molecule has 8 heteroatoms. The number of carbonyl (C=O) groups excluding carboxylic acids is 2. The van der Waals surface area contributed by atoms with E-state index < -0.39 is 11.9 Å². The highest BCUT2D eigenvalue weighted by Gasteiger charge is 2.19. The highest BCUT2D eigenvalue weighted by molar-refractivity contribution is 5.97. The fourth-order valence-corrected chi connectivity index (χ4v) is 3.92. The fourth-order valence-electron chi connectivity index (χ4n) is 3.92. The number of ether oxygens (including phenoxy) is 1. The number of nitrogens with two attached hydrogens (primary N) is 1. The van der Waals surface area contributed by atoms with E-state index in [1.54, 1.807) is 24.3 Å². The zero-order valence-corrected chi connectivity index (χ0v) is 20.6. The maximum atomic E-state index is 13.3. The third-order valence-electron chi connectivity index (χ3n) is 5.66. The zero-order chi connectivity index (χ0) is 26.4. The Morgan fingerprint density at radius 1 is 1.11 bits per heavy atom. The van der Waals surface area contributed by atoms with Crippen molar-refractivity contribution in [1.82, 2.24) is 15.3 Å². The first-order valence-corrected chi connectivity index (χ1v) is 11.9. The Labute approximate surface area is 214 Å². The van der Waals surface area contributed by atoms with E-state index in [1.807, 2.05) is 44.3 Å². The minimum Gasteiger partial charge on any atom is -0.490 e. The van der Waals surface area contributed by atoms with Crippen molar-refractivity contribution < 1.29 is 19.4 Å². The molecule has 0 saturated carbocycles. The number of aliphatic hydroxyl groups excluding tert-OH is 1. The van der Waals surface area contributed by atoms with Gasteiger partial charge in [0.25, 0.3) is 5.91 Å². The molecule has 188 valence electrons. The van der Waals surface area contributed by atoms with Crippen LogP contribution < -0.4 is 15.8 Å². The molecule has 0 aliphatic carbocycles. The predicted octanol–water partition coefficient (Wildman–Crippen LogP) is 3.18. The number of hydrogen-bond donors (Lipinski definition) is 4. The number of nitrogens with zero attached hydrogens (tertiary/aromatic N) is 1. The molecule has 0 spiro atoms. The molecule has 0 aliphatic rings. The number of nitrogens with one attached hydrogen (secondary N) is 2. The SMILES string of the molecule is CC(C)Oc1ccc(C#Cc2cncc(C(N)=O)c2)cc1C(=O)NC(CO)Cc1c[nH]c2ccccc12. The average Bonchev–Trinajstić information content (AvgIpc) is 3.30.